The molecule has 7 aromatic rings. The van der Waals surface area contributed by atoms with Gasteiger partial charge in [0.05, 0.1) is 32.1 Å². The summed E-state index contributed by atoms with van der Waals surface area (Å²) in [5, 5.41) is 0. The first kappa shape index (κ1) is 178. The number of aryl methyl sites for hydroxylation is 5. The van der Waals surface area contributed by atoms with Gasteiger partial charge in [0, 0.05) is 299 Å². The first-order valence-electron chi connectivity index (χ1n) is 44.0. The minimum absolute atomic E-state index is 0. The average molecular weight is 4020 g/mol. The van der Waals surface area contributed by atoms with E-state index in [9.17, 15) is 0 Å². The Hall–Kier alpha value is 0.288. The third-order valence-electron chi connectivity index (χ3n) is 15.4. The summed E-state index contributed by atoms with van der Waals surface area (Å²) in [6.45, 7) is 82.4. The summed E-state index contributed by atoms with van der Waals surface area (Å²) in [7, 11) is 2.08. The number of rotatable bonds is 36. The minimum Gasteiger partial charge on any atom is -0.525 e. The fourth-order valence-electron chi connectivity index (χ4n) is 9.11. The molecule has 0 aliphatic carbocycles. The fraction of sp³-hybridized carbons (Fsp3) is 0.423. The summed E-state index contributed by atoms with van der Waals surface area (Å²) in [6, 6.07) is 53.1. The summed E-state index contributed by atoms with van der Waals surface area (Å²) >= 11 is 0. The van der Waals surface area contributed by atoms with Crippen LogP contribution in [0.2, 0.25) is 0 Å². The summed E-state index contributed by atoms with van der Waals surface area (Å²) in [5.74, 6) is 15.7. The van der Waals surface area contributed by atoms with Crippen molar-refractivity contribution in [1.29, 1.82) is 0 Å². The Morgan fingerprint density at radius 1 is 0.394 bits per heavy atom. The van der Waals surface area contributed by atoms with Crippen LogP contribution in [-0.4, -0.2) is 76.3 Å². The van der Waals surface area contributed by atoms with E-state index in [1.807, 2.05) is 104 Å². The molecule has 8 nitrogen and oxygen atoms in total. The molecule has 0 saturated heterocycles. The molecule has 6 aromatic carbocycles. The van der Waals surface area contributed by atoms with Gasteiger partial charge in [-0.3, -0.25) is 10.9 Å². The van der Waals surface area contributed by atoms with Crippen LogP contribution in [0.15, 0.2) is 194 Å². The van der Waals surface area contributed by atoms with E-state index in [-0.39, 0.29) is 274 Å². The molecular weight excluding hydrogens is 3850 g/mol. The van der Waals surface area contributed by atoms with Crippen LogP contribution in [0.1, 0.15) is 249 Å². The van der Waals surface area contributed by atoms with E-state index < -0.39 is 0 Å². The molecule has 0 aliphatic heterocycles. The molecule has 0 aliphatic rings. The first-order chi connectivity index (χ1) is 57.9. The van der Waals surface area contributed by atoms with Gasteiger partial charge in [0.15, 0.2) is 0 Å². The van der Waals surface area contributed by atoms with Gasteiger partial charge in [-0.2, -0.15) is 76.1 Å². The van der Waals surface area contributed by atoms with E-state index in [2.05, 4.69) is 305 Å². The number of para-hydroxylation sites is 2. The van der Waals surface area contributed by atoms with Gasteiger partial charge in [-0.05, 0) is 157 Å². The smallest absolute Gasteiger partial charge is 0.140 e. The van der Waals surface area contributed by atoms with E-state index in [0.717, 1.165) is 220 Å². The van der Waals surface area contributed by atoms with Crippen molar-refractivity contribution in [1.82, 2.24) is 9.88 Å². The van der Waals surface area contributed by atoms with Gasteiger partial charge in [0.2, 0.25) is 0 Å². The Kier molecular flexibility index (Phi) is 201. The first-order valence-corrected chi connectivity index (χ1v) is 44.0. The molecule has 0 N–H and O–H groups in total. The van der Waals surface area contributed by atoms with E-state index >= 15 is 0 Å². The Bertz CT molecular complexity index is 3390. The Morgan fingerprint density at radius 2 is 0.864 bits per heavy atom. The molecule has 0 fully saturated rings. The third-order valence-corrected chi connectivity index (χ3v) is 15.4. The molecule has 1 aromatic heterocycles. The minimum atomic E-state index is 0. The summed E-state index contributed by atoms with van der Waals surface area (Å²) < 4.78 is 32.3. The summed E-state index contributed by atoms with van der Waals surface area (Å²) in [6.07, 6.45) is 38.5. The number of pyridine rings is 1. The van der Waals surface area contributed by atoms with Crippen LogP contribution in [0.5, 0.6) is 28.7 Å². The third kappa shape index (κ3) is 124. The normalized spacial score (nSPS) is 8.64. The largest absolute Gasteiger partial charge is 0.525 e. The maximum Gasteiger partial charge on any atom is 0.140 e. The van der Waals surface area contributed by atoms with Crippen LogP contribution >= 0.6 is 0 Å². The number of hydrogen-bond acceptors (Lipinski definition) is 8. The molecule has 21 heteroatoms. The molecule has 0 amide bonds. The molecule has 132 heavy (non-hydrogen) atoms. The molecule has 0 saturated carbocycles. The van der Waals surface area contributed by atoms with E-state index in [1.165, 1.54) is 59.2 Å². The second kappa shape index (κ2) is 149. The van der Waals surface area contributed by atoms with Crippen molar-refractivity contribution in [2.24, 2.45) is 0 Å². The number of ether oxygens (including phenoxy) is 6. The van der Waals surface area contributed by atoms with Crippen LogP contribution in [-0.2, 0) is 324 Å². The Balaban J connectivity index is -0.0000000617. The predicted molar refractivity (Wildman–Crippen MR) is 528 cm³/mol. The van der Waals surface area contributed by atoms with Gasteiger partial charge in [0.1, 0.15) is 28.7 Å². The molecule has 0 radical (unpaired) electrons. The zero-order chi connectivity index (χ0) is 90.1. The maximum atomic E-state index is 5.61. The number of hydrogen-bond donors (Lipinski definition) is 0. The van der Waals surface area contributed by atoms with Gasteiger partial charge in [-0.15, -0.1) is 48.6 Å². The molecule has 0 atom stereocenters. The molecule has 7 rings (SSSR count). The Labute approximate surface area is 1000 Å². The van der Waals surface area contributed by atoms with Crippen molar-refractivity contribution < 1.29 is 302 Å². The van der Waals surface area contributed by atoms with Crippen molar-refractivity contribution in [2.45, 2.75) is 244 Å². The van der Waals surface area contributed by atoms with Crippen molar-refractivity contribution >= 4 is 6.08 Å². The number of nitrogens with zero attached hydrogens (tertiary/aromatic N) is 2. The van der Waals surface area contributed by atoms with Crippen molar-refractivity contribution in [2.75, 3.05) is 66.4 Å². The summed E-state index contributed by atoms with van der Waals surface area (Å²) in [5.41, 5.74) is 11.3. The molecule has 0 unspecified atom stereocenters. The quantitative estimate of drug-likeness (QED) is 0.0167. The van der Waals surface area contributed by atoms with Crippen LogP contribution in [0, 0.1) is 114 Å². The van der Waals surface area contributed by atoms with E-state index in [0.29, 0.717) is 13.2 Å². The van der Waals surface area contributed by atoms with Gasteiger partial charge in [0.25, 0.3) is 0 Å². The second-order valence-electron chi connectivity index (χ2n) is 26.1. The second-order valence-corrected chi connectivity index (χ2v) is 26.1. The van der Waals surface area contributed by atoms with Gasteiger partial charge in [-0.25, -0.2) is 13.0 Å². The topological polar surface area (TPSA) is 71.5 Å². The average Bonchev–Trinajstić information content (AvgIpc) is 0.903. The van der Waals surface area contributed by atoms with Gasteiger partial charge in [-0.1, -0.05) is 242 Å². The molecule has 1 heterocycles. The van der Waals surface area contributed by atoms with Crippen molar-refractivity contribution in [3.8, 4) is 52.4 Å². The van der Waals surface area contributed by atoms with Crippen LogP contribution in [0.4, 0.5) is 0 Å². The monoisotopic (exact) mass is 4020 g/mol. The Morgan fingerprint density at radius 3 is 1.27 bits per heavy atom. The number of unbranched alkanes of at least 4 members (excludes halogenated alkanes) is 2. The number of aromatic nitrogens is 1. The zero-order valence-corrected chi connectivity index (χ0v) is 121. The van der Waals surface area contributed by atoms with Crippen LogP contribution in [0.25, 0.3) is 6.08 Å². The predicted octanol–water partition coefficient (Wildman–Crippen LogP) is 29.9. The molecular formula is C111H167N2O6W13-13. The van der Waals surface area contributed by atoms with Gasteiger partial charge < -0.3 is 108 Å². The standard InChI is InChI=1S/C12H17O.C12H15O.C11H16NO.C11H15O2.2C10H13.C9H11.C7H13.C7H11.C6H14N.C6H11.C5H11O.C5H7.13W/c2*1-3-7-11-8-5-6-9-12(11)13-10-4-2;1-3-6-10-11(13-9-4-2)7-5-8-12-10;1-3-8-13-11-7-5-6-10(9-11)12-4-2;1-3-9-5-7-10(4-2)8-6-9;1-3-9-6-5-7-10(4-2)8-9;1-3-9-6-4-5-8(2)7-9;2*1-3-5-7-6-4-2;1-4-6-7(3)5-2;2*1-3-5-6-4-2;1-3-5-4-2;;;;;;;;;;;;;/h5-6,8-9H,1,3-4,7,10H2,2H3;3,5-9H,1,4,10H2,2H3;5,7-8H,1,3-4,6,9H2,2H3;5-7,9H,2-4,8H2,1H3;2*5-8H,1,3-4H2,2H3;4-7H,2-3H2,1H3;5,7H,1,3-4,6H2,2H3;1,3-4,6H2,2H3;2,4-6H2,1,3H3;5-6H,1,3-4H2,2H3;2-5H2,1H3;1,4H2,2H3;;;;;;;;;;;;;/q13*-1;;;;;;;;;;;;;/b;7-3+;;;;;;7-5+;;;6-5+;;;;;;;;;;;;;;;. The molecule has 0 bridgehead atoms. The van der Waals surface area contributed by atoms with Crippen LogP contribution in [0.3, 0.4) is 0 Å². The SMILES string of the molecule is [CH2-]/C=C/c1ccccc1OCCC.[CH2-]C#CCC.[CH2-]C/C=C/CC.[CH2-]C/C=C/CCC.[CH2-]CC#CCCC.[CH2-]CCc1ccccc1OCCC.[CH2-]CCc1ncccc1OCCC.[CH2-]CN(C)CCC.[CH2-]COCCC.[CH2-]COc1cccc(OCCC)c1.[CH2-]Cc1ccc(CC)cc1.[CH2-]Cc1cccc(CC)c1.[CH2-]c1cccc(CC)c1.[W].[W].[W].[W].[W].[W].[W].[W].[W].[W].[W].[W].[W]. The number of benzene rings is 6. The van der Waals surface area contributed by atoms with E-state index in [4.69, 9.17) is 28.4 Å². The maximum absolute atomic E-state index is 5.61. The van der Waals surface area contributed by atoms with E-state index in [1.54, 1.807) is 12.3 Å². The molecule has 748 valence electrons. The zero-order valence-electron chi connectivity index (χ0n) is 83.2. The fourth-order valence-corrected chi connectivity index (χ4v) is 9.11. The van der Waals surface area contributed by atoms with Crippen LogP contribution < -0.4 is 23.7 Å². The van der Waals surface area contributed by atoms with Crippen molar-refractivity contribution in [3.05, 3.63) is 335 Å². The summed E-state index contributed by atoms with van der Waals surface area (Å²) in [4.78, 5) is 6.45. The van der Waals surface area contributed by atoms with Gasteiger partial charge >= 0.3 is 0 Å². The number of allylic oxidation sites excluding steroid dienone is 5. The van der Waals surface area contributed by atoms with Crippen molar-refractivity contribution in [3.63, 3.8) is 0 Å². The molecule has 0 spiro atoms.